The molecule has 4 heteroatoms. The van der Waals surface area contributed by atoms with Gasteiger partial charge in [-0.3, -0.25) is 9.69 Å². The molecule has 1 amide bonds. The van der Waals surface area contributed by atoms with Gasteiger partial charge in [-0.2, -0.15) is 0 Å². The van der Waals surface area contributed by atoms with Crippen LogP contribution < -0.4 is 4.90 Å². The fourth-order valence-electron chi connectivity index (χ4n) is 3.00. The van der Waals surface area contributed by atoms with E-state index in [0.717, 1.165) is 16.1 Å². The van der Waals surface area contributed by atoms with Crippen LogP contribution in [0.25, 0.3) is 0 Å². The third kappa shape index (κ3) is 2.75. The molecular formula is C20H17NO2S. The molecule has 120 valence electrons. The SMILES string of the molecule is O=C1C(OCc2ccccc2)C(c2cccs2)N1c1ccccc1. The molecule has 1 aliphatic heterocycles. The summed E-state index contributed by atoms with van der Waals surface area (Å²) in [6, 6.07) is 23.8. The number of benzene rings is 2. The second kappa shape index (κ2) is 6.59. The summed E-state index contributed by atoms with van der Waals surface area (Å²) in [5.41, 5.74) is 1.99. The fourth-order valence-corrected chi connectivity index (χ4v) is 3.84. The van der Waals surface area contributed by atoms with Gasteiger partial charge in [0.1, 0.15) is 6.04 Å². The van der Waals surface area contributed by atoms with E-state index >= 15 is 0 Å². The molecule has 1 saturated heterocycles. The maximum absolute atomic E-state index is 12.7. The molecule has 1 aliphatic rings. The van der Waals surface area contributed by atoms with Gasteiger partial charge in [-0.15, -0.1) is 11.3 Å². The number of hydrogen-bond donors (Lipinski definition) is 0. The molecule has 1 fully saturated rings. The van der Waals surface area contributed by atoms with E-state index < -0.39 is 6.10 Å². The summed E-state index contributed by atoms with van der Waals surface area (Å²) in [5, 5.41) is 2.04. The van der Waals surface area contributed by atoms with Crippen molar-refractivity contribution in [1.82, 2.24) is 0 Å². The number of amides is 1. The van der Waals surface area contributed by atoms with Crippen molar-refractivity contribution in [2.75, 3.05) is 4.90 Å². The molecule has 0 aliphatic carbocycles. The van der Waals surface area contributed by atoms with Crippen LogP contribution in [-0.4, -0.2) is 12.0 Å². The van der Waals surface area contributed by atoms with Crippen LogP contribution >= 0.6 is 11.3 Å². The summed E-state index contributed by atoms with van der Waals surface area (Å²) in [6.45, 7) is 0.446. The quantitative estimate of drug-likeness (QED) is 0.646. The first-order valence-corrected chi connectivity index (χ1v) is 8.79. The topological polar surface area (TPSA) is 29.5 Å². The van der Waals surface area contributed by atoms with Crippen LogP contribution in [0.3, 0.4) is 0 Å². The van der Waals surface area contributed by atoms with Crippen LogP contribution in [-0.2, 0) is 16.1 Å². The van der Waals surface area contributed by atoms with Crippen LogP contribution in [0.2, 0.25) is 0 Å². The van der Waals surface area contributed by atoms with Crippen molar-refractivity contribution in [3.63, 3.8) is 0 Å². The van der Waals surface area contributed by atoms with Crippen molar-refractivity contribution in [3.05, 3.63) is 88.6 Å². The molecule has 4 rings (SSSR count). The summed E-state index contributed by atoms with van der Waals surface area (Å²) in [5.74, 6) is 0.0236. The van der Waals surface area contributed by atoms with Gasteiger partial charge in [-0.05, 0) is 29.1 Å². The lowest BCUT2D eigenvalue weighted by atomic mass is 9.95. The number of carbonyl (C=O) groups is 1. The molecule has 2 unspecified atom stereocenters. The van der Waals surface area contributed by atoms with Crippen LogP contribution in [0.15, 0.2) is 78.2 Å². The van der Waals surface area contributed by atoms with Gasteiger partial charge in [0.2, 0.25) is 0 Å². The van der Waals surface area contributed by atoms with E-state index in [1.54, 1.807) is 11.3 Å². The first-order chi connectivity index (χ1) is 11.8. The van der Waals surface area contributed by atoms with Crippen molar-refractivity contribution >= 4 is 22.9 Å². The summed E-state index contributed by atoms with van der Waals surface area (Å²) in [6.07, 6.45) is -0.427. The number of nitrogens with zero attached hydrogens (tertiary/aromatic N) is 1. The monoisotopic (exact) mass is 335 g/mol. The summed E-state index contributed by atoms with van der Waals surface area (Å²) < 4.78 is 5.98. The number of para-hydroxylation sites is 1. The van der Waals surface area contributed by atoms with E-state index in [9.17, 15) is 4.79 Å². The molecule has 0 saturated carbocycles. The normalized spacial score (nSPS) is 20.0. The minimum absolute atomic E-state index is 0.0236. The number of rotatable bonds is 5. The molecular weight excluding hydrogens is 318 g/mol. The van der Waals surface area contributed by atoms with Gasteiger partial charge in [0, 0.05) is 10.6 Å². The van der Waals surface area contributed by atoms with Gasteiger partial charge in [0.15, 0.2) is 6.10 Å². The Hall–Kier alpha value is -2.43. The number of hydrogen-bond acceptors (Lipinski definition) is 3. The fraction of sp³-hybridized carbons (Fsp3) is 0.150. The van der Waals surface area contributed by atoms with Gasteiger partial charge in [-0.1, -0.05) is 54.6 Å². The van der Waals surface area contributed by atoms with Gasteiger partial charge in [0.25, 0.3) is 5.91 Å². The highest BCUT2D eigenvalue weighted by Crippen LogP contribution is 2.42. The minimum atomic E-state index is -0.427. The minimum Gasteiger partial charge on any atom is -0.361 e. The lowest BCUT2D eigenvalue weighted by Gasteiger charge is -2.46. The second-order valence-corrected chi connectivity index (χ2v) is 6.70. The molecule has 0 bridgehead atoms. The molecule has 3 nitrogen and oxygen atoms in total. The van der Waals surface area contributed by atoms with Crippen LogP contribution in [0.5, 0.6) is 0 Å². The lowest BCUT2D eigenvalue weighted by molar-refractivity contribution is -0.143. The first kappa shape index (κ1) is 15.1. The van der Waals surface area contributed by atoms with E-state index in [1.807, 2.05) is 77.0 Å². The first-order valence-electron chi connectivity index (χ1n) is 7.91. The average Bonchev–Trinajstić information content (AvgIpc) is 3.15. The van der Waals surface area contributed by atoms with Crippen molar-refractivity contribution in [2.24, 2.45) is 0 Å². The zero-order valence-electron chi connectivity index (χ0n) is 13.0. The molecule has 0 N–H and O–H groups in total. The highest BCUT2D eigenvalue weighted by molar-refractivity contribution is 7.10. The Bertz CT molecular complexity index is 802. The third-order valence-corrected chi connectivity index (χ3v) is 5.13. The molecule has 1 aromatic heterocycles. The Kier molecular flexibility index (Phi) is 4.15. The summed E-state index contributed by atoms with van der Waals surface area (Å²) in [7, 11) is 0. The molecule has 2 aromatic carbocycles. The lowest BCUT2D eigenvalue weighted by Crippen LogP contribution is -2.60. The van der Waals surface area contributed by atoms with Crippen LogP contribution in [0.4, 0.5) is 5.69 Å². The molecule has 2 heterocycles. The number of β-lactam (4-membered cyclic amide) rings is 1. The standard InChI is InChI=1S/C20H17NO2S/c22-20-19(23-14-15-8-3-1-4-9-15)18(17-12-7-13-24-17)21(20)16-10-5-2-6-11-16/h1-13,18-19H,14H2. The van der Waals surface area contributed by atoms with Gasteiger partial charge in [0.05, 0.1) is 6.61 Å². The predicted molar refractivity (Wildman–Crippen MR) is 96.0 cm³/mol. The number of ether oxygens (including phenoxy) is 1. The van der Waals surface area contributed by atoms with Crippen molar-refractivity contribution in [2.45, 2.75) is 18.8 Å². The van der Waals surface area contributed by atoms with Gasteiger partial charge < -0.3 is 4.74 Å². The van der Waals surface area contributed by atoms with Gasteiger partial charge in [-0.25, -0.2) is 0 Å². The smallest absolute Gasteiger partial charge is 0.259 e. The number of anilines is 1. The average molecular weight is 335 g/mol. The Labute approximate surface area is 145 Å². The second-order valence-electron chi connectivity index (χ2n) is 5.72. The van der Waals surface area contributed by atoms with Crippen molar-refractivity contribution in [1.29, 1.82) is 0 Å². The Balaban J connectivity index is 1.57. The van der Waals surface area contributed by atoms with Crippen LogP contribution in [0.1, 0.15) is 16.5 Å². The Morgan fingerprint density at radius 1 is 0.917 bits per heavy atom. The predicted octanol–water partition coefficient (Wildman–Crippen LogP) is 4.42. The van der Waals surface area contributed by atoms with E-state index in [-0.39, 0.29) is 11.9 Å². The molecule has 0 spiro atoms. The summed E-state index contributed by atoms with van der Waals surface area (Å²) >= 11 is 1.66. The van der Waals surface area contributed by atoms with E-state index in [4.69, 9.17) is 4.74 Å². The Morgan fingerprint density at radius 2 is 1.62 bits per heavy atom. The number of carbonyl (C=O) groups excluding carboxylic acids is 1. The maximum atomic E-state index is 12.7. The van der Waals surface area contributed by atoms with Crippen LogP contribution in [0, 0.1) is 0 Å². The zero-order chi connectivity index (χ0) is 16.4. The highest BCUT2D eigenvalue weighted by atomic mass is 32.1. The summed E-state index contributed by atoms with van der Waals surface area (Å²) in [4.78, 5) is 15.7. The van der Waals surface area contributed by atoms with Crippen molar-refractivity contribution in [3.8, 4) is 0 Å². The van der Waals surface area contributed by atoms with Crippen molar-refractivity contribution < 1.29 is 9.53 Å². The van der Waals surface area contributed by atoms with E-state index in [0.29, 0.717) is 6.61 Å². The molecule has 3 aromatic rings. The zero-order valence-corrected chi connectivity index (χ0v) is 13.9. The van der Waals surface area contributed by atoms with E-state index in [2.05, 4.69) is 6.07 Å². The molecule has 0 radical (unpaired) electrons. The van der Waals surface area contributed by atoms with Gasteiger partial charge >= 0.3 is 0 Å². The largest absolute Gasteiger partial charge is 0.361 e. The number of thiophene rings is 1. The van der Waals surface area contributed by atoms with E-state index in [1.165, 1.54) is 0 Å². The molecule has 2 atom stereocenters. The Morgan fingerprint density at radius 3 is 2.29 bits per heavy atom. The molecule has 24 heavy (non-hydrogen) atoms. The third-order valence-electron chi connectivity index (χ3n) is 4.19. The highest BCUT2D eigenvalue weighted by Gasteiger charge is 2.50. The maximum Gasteiger partial charge on any atom is 0.259 e.